The first-order valence-corrected chi connectivity index (χ1v) is 5.49. The molecule has 0 bridgehead atoms. The van der Waals surface area contributed by atoms with E-state index in [0.717, 1.165) is 5.69 Å². The minimum Gasteiger partial charge on any atom is -0.497 e. The second kappa shape index (κ2) is 5.98. The van der Waals surface area contributed by atoms with Crippen LogP contribution in [-0.4, -0.2) is 38.1 Å². The van der Waals surface area contributed by atoms with Crippen molar-refractivity contribution in [1.29, 1.82) is 0 Å². The average Bonchev–Trinajstić information content (AvgIpc) is 2.34. The molecule has 3 N–H and O–H groups in total. The lowest BCUT2D eigenvalue weighted by Crippen LogP contribution is -2.31. The summed E-state index contributed by atoms with van der Waals surface area (Å²) in [5.41, 5.74) is 7.09. The Morgan fingerprint density at radius 2 is 2.18 bits per heavy atom. The van der Waals surface area contributed by atoms with Gasteiger partial charge in [0.25, 0.3) is 0 Å². The molecule has 5 heteroatoms. The van der Waals surface area contributed by atoms with Crippen LogP contribution in [0.15, 0.2) is 18.2 Å². The summed E-state index contributed by atoms with van der Waals surface area (Å²) in [7, 11) is 3.35. The first kappa shape index (κ1) is 13.2. The van der Waals surface area contributed by atoms with Crippen LogP contribution in [0.1, 0.15) is 6.92 Å². The lowest BCUT2D eigenvalue weighted by Gasteiger charge is -2.15. The van der Waals surface area contributed by atoms with Gasteiger partial charge in [-0.1, -0.05) is 0 Å². The molecule has 0 atom stereocenters. The van der Waals surface area contributed by atoms with Gasteiger partial charge in [0.05, 0.1) is 13.7 Å². The zero-order chi connectivity index (χ0) is 12.8. The van der Waals surface area contributed by atoms with Gasteiger partial charge in [0.15, 0.2) is 0 Å². The number of nitrogen functional groups attached to an aromatic ring is 1. The number of nitrogens with zero attached hydrogens (tertiary/aromatic N) is 1. The lowest BCUT2D eigenvalue weighted by molar-refractivity contribution is -0.127. The van der Waals surface area contributed by atoms with Crippen LogP contribution >= 0.6 is 0 Å². The summed E-state index contributed by atoms with van der Waals surface area (Å²) in [6.45, 7) is 2.87. The maximum Gasteiger partial charge on any atom is 0.241 e. The molecule has 0 aliphatic carbocycles. The van der Waals surface area contributed by atoms with Crippen molar-refractivity contribution in [1.82, 2.24) is 4.90 Å². The molecule has 0 fully saturated rings. The van der Waals surface area contributed by atoms with E-state index in [-0.39, 0.29) is 12.5 Å². The smallest absolute Gasteiger partial charge is 0.241 e. The summed E-state index contributed by atoms with van der Waals surface area (Å²) >= 11 is 0. The molecule has 1 rings (SSSR count). The van der Waals surface area contributed by atoms with Gasteiger partial charge in [-0.3, -0.25) is 4.79 Å². The van der Waals surface area contributed by atoms with E-state index in [1.54, 1.807) is 37.3 Å². The quantitative estimate of drug-likeness (QED) is 0.754. The number of nitrogens with two attached hydrogens (primary N) is 1. The molecule has 0 spiro atoms. The number of methoxy groups -OCH3 is 1. The molecule has 0 aliphatic rings. The van der Waals surface area contributed by atoms with E-state index in [9.17, 15) is 4.79 Å². The molecule has 1 aromatic rings. The van der Waals surface area contributed by atoms with Crippen molar-refractivity contribution in [3.63, 3.8) is 0 Å². The second-order valence-corrected chi connectivity index (χ2v) is 3.76. The molecule has 0 radical (unpaired) electrons. The van der Waals surface area contributed by atoms with Gasteiger partial charge >= 0.3 is 0 Å². The van der Waals surface area contributed by atoms with E-state index in [1.807, 2.05) is 6.92 Å². The topological polar surface area (TPSA) is 67.6 Å². The van der Waals surface area contributed by atoms with Gasteiger partial charge < -0.3 is 20.7 Å². The first-order valence-electron chi connectivity index (χ1n) is 5.49. The fourth-order valence-electron chi connectivity index (χ4n) is 1.33. The SMILES string of the molecule is CCN(C)C(=O)CNc1cc(N)cc(OC)c1. The van der Waals surface area contributed by atoms with Crippen molar-refractivity contribution in [2.45, 2.75) is 6.92 Å². The number of hydrogen-bond donors (Lipinski definition) is 2. The molecule has 5 nitrogen and oxygen atoms in total. The number of amides is 1. The van der Waals surface area contributed by atoms with Gasteiger partial charge in [-0.15, -0.1) is 0 Å². The normalized spacial score (nSPS) is 9.82. The van der Waals surface area contributed by atoms with Gasteiger partial charge in [0, 0.05) is 37.1 Å². The summed E-state index contributed by atoms with van der Waals surface area (Å²) in [6, 6.07) is 5.29. The van der Waals surface area contributed by atoms with E-state index in [2.05, 4.69) is 5.32 Å². The highest BCUT2D eigenvalue weighted by molar-refractivity contribution is 5.80. The molecule has 0 aromatic heterocycles. The maximum atomic E-state index is 11.6. The standard InChI is InChI=1S/C12H19N3O2/c1-4-15(2)12(16)8-14-10-5-9(13)6-11(7-10)17-3/h5-7,14H,4,8,13H2,1-3H3. The van der Waals surface area contributed by atoms with Crippen LogP contribution in [0.25, 0.3) is 0 Å². The van der Waals surface area contributed by atoms with Crippen LogP contribution in [0, 0.1) is 0 Å². The van der Waals surface area contributed by atoms with Gasteiger partial charge in [-0.2, -0.15) is 0 Å². The van der Waals surface area contributed by atoms with Crippen LogP contribution in [0.5, 0.6) is 5.75 Å². The molecular weight excluding hydrogens is 218 g/mol. The van der Waals surface area contributed by atoms with E-state index < -0.39 is 0 Å². The van der Waals surface area contributed by atoms with E-state index in [1.165, 1.54) is 0 Å². The third kappa shape index (κ3) is 3.86. The van der Waals surface area contributed by atoms with Gasteiger partial charge in [0.2, 0.25) is 5.91 Å². The number of hydrogen-bond acceptors (Lipinski definition) is 4. The Morgan fingerprint density at radius 1 is 1.47 bits per heavy atom. The van der Waals surface area contributed by atoms with Crippen molar-refractivity contribution in [2.75, 3.05) is 38.3 Å². The Kier molecular flexibility index (Phi) is 4.63. The Labute approximate surface area is 102 Å². The fourth-order valence-corrected chi connectivity index (χ4v) is 1.33. The average molecular weight is 237 g/mol. The van der Waals surface area contributed by atoms with Gasteiger partial charge in [0.1, 0.15) is 5.75 Å². The summed E-state index contributed by atoms with van der Waals surface area (Å²) in [5, 5.41) is 3.02. The number of carbonyl (C=O) groups is 1. The number of rotatable bonds is 5. The van der Waals surface area contributed by atoms with Crippen LogP contribution in [-0.2, 0) is 4.79 Å². The monoisotopic (exact) mass is 237 g/mol. The van der Waals surface area contributed by atoms with Crippen molar-refractivity contribution in [2.24, 2.45) is 0 Å². The third-order valence-corrected chi connectivity index (χ3v) is 2.51. The number of ether oxygens (including phenoxy) is 1. The minimum atomic E-state index is 0.0360. The Bertz CT molecular complexity index is 393. The molecule has 17 heavy (non-hydrogen) atoms. The molecular formula is C12H19N3O2. The Morgan fingerprint density at radius 3 is 2.76 bits per heavy atom. The maximum absolute atomic E-state index is 11.6. The largest absolute Gasteiger partial charge is 0.497 e. The van der Waals surface area contributed by atoms with E-state index >= 15 is 0 Å². The highest BCUT2D eigenvalue weighted by Gasteiger charge is 2.06. The molecule has 1 aromatic carbocycles. The fraction of sp³-hybridized carbons (Fsp3) is 0.417. The zero-order valence-electron chi connectivity index (χ0n) is 10.5. The van der Waals surface area contributed by atoms with E-state index in [0.29, 0.717) is 18.0 Å². The predicted octanol–water partition coefficient (Wildman–Crippen LogP) is 1.17. The number of likely N-dealkylation sites (N-methyl/N-ethyl adjacent to an activating group) is 1. The number of nitrogens with one attached hydrogen (secondary N) is 1. The molecule has 0 saturated heterocycles. The predicted molar refractivity (Wildman–Crippen MR) is 69.2 cm³/mol. The van der Waals surface area contributed by atoms with E-state index in [4.69, 9.17) is 10.5 Å². The molecule has 0 saturated carbocycles. The van der Waals surface area contributed by atoms with Crippen LogP contribution in [0.4, 0.5) is 11.4 Å². The van der Waals surface area contributed by atoms with Crippen LogP contribution in [0.2, 0.25) is 0 Å². The number of anilines is 2. The molecule has 0 unspecified atom stereocenters. The minimum absolute atomic E-state index is 0.0360. The van der Waals surface area contributed by atoms with Crippen molar-refractivity contribution in [3.05, 3.63) is 18.2 Å². The summed E-state index contributed by atoms with van der Waals surface area (Å²) in [5.74, 6) is 0.706. The Balaban J connectivity index is 2.63. The van der Waals surface area contributed by atoms with Gasteiger partial charge in [-0.05, 0) is 13.0 Å². The molecule has 0 aliphatic heterocycles. The highest BCUT2D eigenvalue weighted by atomic mass is 16.5. The van der Waals surface area contributed by atoms with Crippen molar-refractivity contribution in [3.8, 4) is 5.75 Å². The van der Waals surface area contributed by atoms with Crippen molar-refractivity contribution < 1.29 is 9.53 Å². The zero-order valence-corrected chi connectivity index (χ0v) is 10.5. The summed E-state index contributed by atoms with van der Waals surface area (Å²) < 4.78 is 5.10. The first-order chi connectivity index (χ1) is 8.06. The lowest BCUT2D eigenvalue weighted by atomic mass is 10.2. The Hall–Kier alpha value is -1.91. The molecule has 94 valence electrons. The third-order valence-electron chi connectivity index (χ3n) is 2.51. The van der Waals surface area contributed by atoms with Crippen LogP contribution < -0.4 is 15.8 Å². The van der Waals surface area contributed by atoms with Crippen LogP contribution in [0.3, 0.4) is 0 Å². The second-order valence-electron chi connectivity index (χ2n) is 3.76. The van der Waals surface area contributed by atoms with Gasteiger partial charge in [-0.25, -0.2) is 0 Å². The highest BCUT2D eigenvalue weighted by Crippen LogP contribution is 2.21. The number of benzene rings is 1. The summed E-state index contributed by atoms with van der Waals surface area (Å²) in [6.07, 6.45) is 0. The summed E-state index contributed by atoms with van der Waals surface area (Å²) in [4.78, 5) is 13.2. The van der Waals surface area contributed by atoms with Crippen molar-refractivity contribution >= 4 is 17.3 Å². The molecule has 0 heterocycles. The number of carbonyl (C=O) groups excluding carboxylic acids is 1. The molecule has 1 amide bonds.